The lowest BCUT2D eigenvalue weighted by atomic mass is 9.82. The summed E-state index contributed by atoms with van der Waals surface area (Å²) in [6.07, 6.45) is 3.59. The Morgan fingerprint density at radius 3 is 2.75 bits per heavy atom. The fourth-order valence-corrected chi connectivity index (χ4v) is 1.89. The highest BCUT2D eigenvalue weighted by molar-refractivity contribution is 5.69. The van der Waals surface area contributed by atoms with Crippen LogP contribution in [0.25, 0.3) is 0 Å². The van der Waals surface area contributed by atoms with Crippen LogP contribution in [0, 0.1) is 5.41 Å². The molecule has 1 aliphatic heterocycles. The summed E-state index contributed by atoms with van der Waals surface area (Å²) in [7, 11) is 1.43. The molecule has 94 valence electrons. The van der Waals surface area contributed by atoms with Crippen LogP contribution in [0.4, 0.5) is 0 Å². The molecule has 1 N–H and O–H groups in total. The normalized spacial score (nSPS) is 19.4. The van der Waals surface area contributed by atoms with Gasteiger partial charge in [-0.05, 0) is 31.2 Å². The van der Waals surface area contributed by atoms with Crippen LogP contribution in [0.3, 0.4) is 0 Å². The molecule has 4 nitrogen and oxygen atoms in total. The monoisotopic (exact) mass is 229 g/mol. The molecular weight excluding hydrogens is 206 g/mol. The summed E-state index contributed by atoms with van der Waals surface area (Å²) in [5.41, 5.74) is 0.365. The second kappa shape index (κ2) is 6.86. The van der Waals surface area contributed by atoms with Crippen molar-refractivity contribution >= 4 is 5.97 Å². The lowest BCUT2D eigenvalue weighted by Crippen LogP contribution is -2.37. The molecule has 0 spiro atoms. The smallest absolute Gasteiger partial charge is 0.305 e. The van der Waals surface area contributed by atoms with Gasteiger partial charge in [0.15, 0.2) is 0 Å². The number of hydrogen-bond acceptors (Lipinski definition) is 4. The largest absolute Gasteiger partial charge is 0.469 e. The Hall–Kier alpha value is -0.610. The van der Waals surface area contributed by atoms with Crippen molar-refractivity contribution in [3.63, 3.8) is 0 Å². The van der Waals surface area contributed by atoms with Crippen LogP contribution >= 0.6 is 0 Å². The lowest BCUT2D eigenvalue weighted by molar-refractivity contribution is -0.140. The number of esters is 1. The zero-order valence-corrected chi connectivity index (χ0v) is 10.4. The second-order valence-electron chi connectivity index (χ2n) is 4.78. The van der Waals surface area contributed by atoms with Gasteiger partial charge < -0.3 is 14.8 Å². The van der Waals surface area contributed by atoms with Crippen LogP contribution in [0.5, 0.6) is 0 Å². The van der Waals surface area contributed by atoms with Crippen LogP contribution in [0.2, 0.25) is 0 Å². The third-order valence-electron chi connectivity index (χ3n) is 3.21. The van der Waals surface area contributed by atoms with E-state index in [-0.39, 0.29) is 5.97 Å². The van der Waals surface area contributed by atoms with Gasteiger partial charge in [-0.1, -0.05) is 6.92 Å². The summed E-state index contributed by atoms with van der Waals surface area (Å²) in [4.78, 5) is 10.9. The van der Waals surface area contributed by atoms with E-state index in [1.54, 1.807) is 0 Å². The molecule has 0 amide bonds. The molecule has 16 heavy (non-hydrogen) atoms. The Balaban J connectivity index is 2.03. The predicted molar refractivity (Wildman–Crippen MR) is 62.3 cm³/mol. The van der Waals surface area contributed by atoms with Crippen molar-refractivity contribution < 1.29 is 14.3 Å². The van der Waals surface area contributed by atoms with E-state index >= 15 is 0 Å². The Kier molecular flexibility index (Phi) is 5.77. The number of carbonyl (C=O) groups is 1. The molecule has 0 aromatic rings. The Morgan fingerprint density at radius 2 is 2.12 bits per heavy atom. The fraction of sp³-hybridized carbons (Fsp3) is 0.917. The maximum absolute atomic E-state index is 10.9. The highest BCUT2D eigenvalue weighted by Crippen LogP contribution is 2.28. The quantitative estimate of drug-likeness (QED) is 0.551. The zero-order chi connectivity index (χ0) is 11.9. The molecule has 0 atom stereocenters. The van der Waals surface area contributed by atoms with Crippen molar-refractivity contribution in [3.05, 3.63) is 0 Å². The van der Waals surface area contributed by atoms with E-state index in [0.717, 1.165) is 45.6 Å². The maximum atomic E-state index is 10.9. The number of hydrogen-bond donors (Lipinski definition) is 1. The minimum atomic E-state index is -0.126. The second-order valence-corrected chi connectivity index (χ2v) is 4.78. The third-order valence-corrected chi connectivity index (χ3v) is 3.21. The topological polar surface area (TPSA) is 47.6 Å². The zero-order valence-electron chi connectivity index (χ0n) is 10.4. The van der Waals surface area contributed by atoms with Crippen LogP contribution in [0.1, 0.15) is 32.6 Å². The number of rotatable bonds is 6. The average molecular weight is 229 g/mol. The highest BCUT2D eigenvalue weighted by atomic mass is 16.5. The fourth-order valence-electron chi connectivity index (χ4n) is 1.89. The SMILES string of the molecule is COC(=O)CCCNCC1(C)CCOCC1. The molecule has 0 unspecified atom stereocenters. The van der Waals surface area contributed by atoms with Crippen LogP contribution in [-0.4, -0.2) is 39.4 Å². The van der Waals surface area contributed by atoms with Gasteiger partial charge in [-0.25, -0.2) is 0 Å². The van der Waals surface area contributed by atoms with Gasteiger partial charge >= 0.3 is 5.97 Å². The van der Waals surface area contributed by atoms with E-state index in [0.29, 0.717) is 11.8 Å². The Morgan fingerprint density at radius 1 is 1.44 bits per heavy atom. The predicted octanol–water partition coefficient (Wildman–Crippen LogP) is 1.35. The van der Waals surface area contributed by atoms with Gasteiger partial charge in [0.05, 0.1) is 7.11 Å². The first-order valence-corrected chi connectivity index (χ1v) is 6.02. The van der Waals surface area contributed by atoms with Gasteiger partial charge in [0.1, 0.15) is 0 Å². The summed E-state index contributed by atoms with van der Waals surface area (Å²) in [5.74, 6) is -0.126. The summed E-state index contributed by atoms with van der Waals surface area (Å²) >= 11 is 0. The number of carbonyl (C=O) groups excluding carboxylic acids is 1. The Labute approximate surface area is 97.7 Å². The van der Waals surface area contributed by atoms with E-state index in [1.165, 1.54) is 7.11 Å². The highest BCUT2D eigenvalue weighted by Gasteiger charge is 2.26. The molecule has 0 aromatic heterocycles. The molecule has 0 radical (unpaired) electrons. The van der Waals surface area contributed by atoms with Crippen molar-refractivity contribution in [3.8, 4) is 0 Å². The standard InChI is InChI=1S/C12H23NO3/c1-12(5-8-16-9-6-12)10-13-7-3-4-11(14)15-2/h13H,3-10H2,1-2H3. The van der Waals surface area contributed by atoms with Gasteiger partial charge in [0.2, 0.25) is 0 Å². The molecule has 0 aromatic carbocycles. The first-order valence-electron chi connectivity index (χ1n) is 6.02. The average Bonchev–Trinajstić information content (AvgIpc) is 2.29. The molecule has 0 aliphatic carbocycles. The van der Waals surface area contributed by atoms with Crippen molar-refractivity contribution in [2.75, 3.05) is 33.4 Å². The summed E-state index contributed by atoms with van der Waals surface area (Å²) < 4.78 is 9.93. The van der Waals surface area contributed by atoms with Crippen molar-refractivity contribution in [2.45, 2.75) is 32.6 Å². The van der Waals surface area contributed by atoms with Gasteiger partial charge in [0, 0.05) is 26.2 Å². The lowest BCUT2D eigenvalue weighted by Gasteiger charge is -2.33. The molecule has 1 rings (SSSR count). The maximum Gasteiger partial charge on any atom is 0.305 e. The van der Waals surface area contributed by atoms with E-state index in [4.69, 9.17) is 4.74 Å². The molecule has 1 aliphatic rings. The van der Waals surface area contributed by atoms with E-state index in [9.17, 15) is 4.79 Å². The Bertz CT molecular complexity index is 212. The van der Waals surface area contributed by atoms with Crippen molar-refractivity contribution in [2.24, 2.45) is 5.41 Å². The number of methoxy groups -OCH3 is 1. The van der Waals surface area contributed by atoms with Crippen LogP contribution < -0.4 is 5.32 Å². The summed E-state index contributed by atoms with van der Waals surface area (Å²) in [6.45, 7) is 5.94. The number of ether oxygens (including phenoxy) is 2. The van der Waals surface area contributed by atoms with Gasteiger partial charge in [-0.3, -0.25) is 4.79 Å². The van der Waals surface area contributed by atoms with E-state index < -0.39 is 0 Å². The van der Waals surface area contributed by atoms with Crippen LogP contribution in [-0.2, 0) is 14.3 Å². The first kappa shape index (κ1) is 13.5. The molecule has 1 fully saturated rings. The van der Waals surface area contributed by atoms with E-state index in [1.807, 2.05) is 0 Å². The van der Waals surface area contributed by atoms with Gasteiger partial charge in [-0.2, -0.15) is 0 Å². The van der Waals surface area contributed by atoms with Crippen molar-refractivity contribution in [1.82, 2.24) is 5.32 Å². The van der Waals surface area contributed by atoms with Crippen molar-refractivity contribution in [1.29, 1.82) is 0 Å². The van der Waals surface area contributed by atoms with Gasteiger partial charge in [-0.15, -0.1) is 0 Å². The molecule has 4 heteroatoms. The minimum absolute atomic E-state index is 0.126. The molecule has 0 saturated carbocycles. The molecule has 1 saturated heterocycles. The third kappa shape index (κ3) is 4.94. The molecular formula is C12H23NO3. The molecule has 0 bridgehead atoms. The first-order chi connectivity index (χ1) is 7.66. The minimum Gasteiger partial charge on any atom is -0.469 e. The van der Waals surface area contributed by atoms with Crippen LogP contribution in [0.15, 0.2) is 0 Å². The summed E-state index contributed by atoms with van der Waals surface area (Å²) in [5, 5.41) is 3.41. The number of nitrogens with one attached hydrogen (secondary N) is 1. The molecule has 1 heterocycles. The summed E-state index contributed by atoms with van der Waals surface area (Å²) in [6, 6.07) is 0. The van der Waals surface area contributed by atoms with E-state index in [2.05, 4.69) is 17.0 Å². The van der Waals surface area contributed by atoms with Gasteiger partial charge in [0.25, 0.3) is 0 Å².